The first kappa shape index (κ1) is 15.8. The van der Waals surface area contributed by atoms with Crippen LogP contribution in [0.25, 0.3) is 6.08 Å². The summed E-state index contributed by atoms with van der Waals surface area (Å²) in [5.41, 5.74) is 3.82. The van der Waals surface area contributed by atoms with Gasteiger partial charge < -0.3 is 15.0 Å². The van der Waals surface area contributed by atoms with Crippen molar-refractivity contribution in [2.24, 2.45) is 0 Å². The minimum absolute atomic E-state index is 0.0637. The molecule has 1 heterocycles. The third-order valence-electron chi connectivity index (χ3n) is 4.00. The lowest BCUT2D eigenvalue weighted by Crippen LogP contribution is -2.23. The van der Waals surface area contributed by atoms with Crippen molar-refractivity contribution >= 4 is 29.3 Å². The molecule has 24 heavy (non-hydrogen) atoms. The quantitative estimate of drug-likeness (QED) is 0.938. The largest absolute Gasteiger partial charge is 0.497 e. The number of methoxy groups -OCH3 is 1. The van der Waals surface area contributed by atoms with E-state index in [-0.39, 0.29) is 11.8 Å². The average molecular weight is 322 g/mol. The van der Waals surface area contributed by atoms with E-state index in [0.717, 1.165) is 16.8 Å². The molecule has 0 spiro atoms. The minimum atomic E-state index is -0.150. The Labute approximate surface area is 140 Å². The lowest BCUT2D eigenvalue weighted by molar-refractivity contribution is -0.114. The lowest BCUT2D eigenvalue weighted by Gasteiger charge is -2.18. The van der Waals surface area contributed by atoms with E-state index in [0.29, 0.717) is 23.5 Å². The van der Waals surface area contributed by atoms with Gasteiger partial charge in [-0.15, -0.1) is 0 Å². The predicted molar refractivity (Wildman–Crippen MR) is 94.3 cm³/mol. The van der Waals surface area contributed by atoms with E-state index in [9.17, 15) is 9.59 Å². The first-order valence-electron chi connectivity index (χ1n) is 7.56. The molecule has 5 heteroatoms. The molecule has 2 aromatic rings. The average Bonchev–Trinajstić information content (AvgIpc) is 2.91. The van der Waals surface area contributed by atoms with Crippen LogP contribution in [0.4, 0.5) is 11.4 Å². The monoisotopic (exact) mass is 322 g/mol. The fourth-order valence-corrected chi connectivity index (χ4v) is 2.81. The van der Waals surface area contributed by atoms with Gasteiger partial charge in [0, 0.05) is 23.9 Å². The molecule has 0 saturated heterocycles. The van der Waals surface area contributed by atoms with Crippen LogP contribution in [0, 0.1) is 0 Å². The molecule has 2 amide bonds. The van der Waals surface area contributed by atoms with E-state index in [1.54, 1.807) is 30.2 Å². The number of carbonyl (C=O) groups excluding carboxylic acids is 2. The maximum Gasteiger partial charge on any atom is 0.259 e. The Morgan fingerprint density at radius 3 is 2.75 bits per heavy atom. The first-order chi connectivity index (χ1) is 11.5. The second-order valence-electron chi connectivity index (χ2n) is 5.57. The van der Waals surface area contributed by atoms with Gasteiger partial charge in [-0.3, -0.25) is 9.59 Å². The summed E-state index contributed by atoms with van der Waals surface area (Å²) in [5, 5.41) is 2.76. The van der Waals surface area contributed by atoms with Crippen LogP contribution < -0.4 is 15.0 Å². The molecule has 0 fully saturated rings. The smallest absolute Gasteiger partial charge is 0.259 e. The highest BCUT2D eigenvalue weighted by Gasteiger charge is 2.29. The number of hydrogen-bond donors (Lipinski definition) is 1. The molecule has 1 aliphatic rings. The van der Waals surface area contributed by atoms with E-state index in [2.05, 4.69) is 11.9 Å². The predicted octanol–water partition coefficient (Wildman–Crippen LogP) is 3.46. The summed E-state index contributed by atoms with van der Waals surface area (Å²) in [6, 6.07) is 11.0. The Hall–Kier alpha value is -3.08. The first-order valence-corrected chi connectivity index (χ1v) is 7.56. The maximum atomic E-state index is 12.7. The van der Waals surface area contributed by atoms with Gasteiger partial charge in [-0.25, -0.2) is 0 Å². The Morgan fingerprint density at radius 1 is 1.29 bits per heavy atom. The van der Waals surface area contributed by atoms with Crippen molar-refractivity contribution in [3.8, 4) is 5.75 Å². The number of ether oxygens (including phenoxy) is 1. The highest BCUT2D eigenvalue weighted by molar-refractivity contribution is 6.10. The van der Waals surface area contributed by atoms with Gasteiger partial charge in [0.2, 0.25) is 5.91 Å². The number of carbonyl (C=O) groups is 2. The molecular formula is C19H18N2O3. The number of fused-ring (bicyclic) bond motifs is 1. The Morgan fingerprint density at radius 2 is 2.08 bits per heavy atom. The summed E-state index contributed by atoms with van der Waals surface area (Å²) >= 11 is 0. The highest BCUT2D eigenvalue weighted by Crippen LogP contribution is 2.32. The minimum Gasteiger partial charge on any atom is -0.497 e. The van der Waals surface area contributed by atoms with Gasteiger partial charge in [0.15, 0.2) is 0 Å². The molecule has 0 saturated carbocycles. The molecule has 0 aliphatic carbocycles. The molecule has 2 aromatic carbocycles. The molecule has 0 aromatic heterocycles. The van der Waals surface area contributed by atoms with Crippen LogP contribution in [-0.4, -0.2) is 18.9 Å². The van der Waals surface area contributed by atoms with Gasteiger partial charge in [-0.05, 0) is 41.5 Å². The molecule has 0 bridgehead atoms. The van der Waals surface area contributed by atoms with E-state index < -0.39 is 0 Å². The van der Waals surface area contributed by atoms with Crippen molar-refractivity contribution in [1.82, 2.24) is 0 Å². The summed E-state index contributed by atoms with van der Waals surface area (Å²) in [4.78, 5) is 25.7. The zero-order valence-electron chi connectivity index (χ0n) is 13.6. The summed E-state index contributed by atoms with van der Waals surface area (Å²) in [5.74, 6) is 0.450. The van der Waals surface area contributed by atoms with Gasteiger partial charge in [-0.2, -0.15) is 0 Å². The van der Waals surface area contributed by atoms with Gasteiger partial charge in [0.05, 0.1) is 13.7 Å². The molecule has 1 N–H and O–H groups in total. The third kappa shape index (κ3) is 2.76. The van der Waals surface area contributed by atoms with E-state index in [1.165, 1.54) is 6.92 Å². The molecule has 1 aliphatic heterocycles. The molecule has 0 unspecified atom stereocenters. The van der Waals surface area contributed by atoms with Gasteiger partial charge in [0.25, 0.3) is 5.91 Å². The number of amides is 2. The zero-order valence-corrected chi connectivity index (χ0v) is 13.6. The van der Waals surface area contributed by atoms with Crippen LogP contribution in [-0.2, 0) is 11.3 Å². The standard InChI is InChI=1S/C19H18N2O3/c1-4-13-9-15(6-8-18(13)20-12(2)22)21-11-14-5-7-16(24-3)10-17(14)19(21)23/h4-10H,1,11H2,2-3H3,(H,20,22). The van der Waals surface area contributed by atoms with Crippen LogP contribution in [0.1, 0.15) is 28.4 Å². The summed E-state index contributed by atoms with van der Waals surface area (Å²) in [7, 11) is 1.58. The number of hydrogen-bond acceptors (Lipinski definition) is 3. The Kier molecular flexibility index (Phi) is 4.08. The lowest BCUT2D eigenvalue weighted by atomic mass is 10.1. The van der Waals surface area contributed by atoms with Crippen molar-refractivity contribution in [2.45, 2.75) is 13.5 Å². The van der Waals surface area contributed by atoms with Crippen molar-refractivity contribution in [3.63, 3.8) is 0 Å². The van der Waals surface area contributed by atoms with Gasteiger partial charge >= 0.3 is 0 Å². The van der Waals surface area contributed by atoms with Crippen LogP contribution >= 0.6 is 0 Å². The van der Waals surface area contributed by atoms with Crippen molar-refractivity contribution < 1.29 is 14.3 Å². The van der Waals surface area contributed by atoms with E-state index in [4.69, 9.17) is 4.74 Å². The third-order valence-corrected chi connectivity index (χ3v) is 4.00. The van der Waals surface area contributed by atoms with Crippen molar-refractivity contribution in [3.05, 3.63) is 59.7 Å². The number of rotatable bonds is 4. The van der Waals surface area contributed by atoms with Crippen LogP contribution in [0.5, 0.6) is 5.75 Å². The Balaban J connectivity index is 1.94. The van der Waals surface area contributed by atoms with Crippen LogP contribution in [0.15, 0.2) is 43.0 Å². The van der Waals surface area contributed by atoms with E-state index in [1.807, 2.05) is 24.3 Å². The number of nitrogens with zero attached hydrogens (tertiary/aromatic N) is 1. The van der Waals surface area contributed by atoms with E-state index >= 15 is 0 Å². The second-order valence-corrected chi connectivity index (χ2v) is 5.57. The SMILES string of the molecule is C=Cc1cc(N2Cc3ccc(OC)cc3C2=O)ccc1NC(C)=O. The van der Waals surface area contributed by atoms with Gasteiger partial charge in [0.1, 0.15) is 5.75 Å². The van der Waals surface area contributed by atoms with Crippen LogP contribution in [0.2, 0.25) is 0 Å². The molecule has 5 nitrogen and oxygen atoms in total. The normalized spacial score (nSPS) is 12.8. The topological polar surface area (TPSA) is 58.6 Å². The number of nitrogens with one attached hydrogen (secondary N) is 1. The fourth-order valence-electron chi connectivity index (χ4n) is 2.81. The Bertz CT molecular complexity index is 843. The summed E-state index contributed by atoms with van der Waals surface area (Å²) < 4.78 is 5.19. The summed E-state index contributed by atoms with van der Waals surface area (Å²) in [6.07, 6.45) is 1.66. The molecule has 0 radical (unpaired) electrons. The molecular weight excluding hydrogens is 304 g/mol. The van der Waals surface area contributed by atoms with Gasteiger partial charge in [-0.1, -0.05) is 18.7 Å². The highest BCUT2D eigenvalue weighted by atomic mass is 16.5. The zero-order chi connectivity index (χ0) is 17.3. The molecule has 3 rings (SSSR count). The maximum absolute atomic E-state index is 12.7. The number of benzene rings is 2. The molecule has 122 valence electrons. The second kappa shape index (κ2) is 6.20. The van der Waals surface area contributed by atoms with Crippen molar-refractivity contribution in [2.75, 3.05) is 17.3 Å². The van der Waals surface area contributed by atoms with Crippen LogP contribution in [0.3, 0.4) is 0 Å². The van der Waals surface area contributed by atoms with Crippen molar-refractivity contribution in [1.29, 1.82) is 0 Å². The molecule has 0 atom stereocenters. The fraction of sp³-hybridized carbons (Fsp3) is 0.158. The number of anilines is 2. The summed E-state index contributed by atoms with van der Waals surface area (Å²) in [6.45, 7) is 5.74.